The summed E-state index contributed by atoms with van der Waals surface area (Å²) in [5, 5.41) is 10.9. The maximum Gasteiger partial charge on any atom is 0.280 e. The fourth-order valence-electron chi connectivity index (χ4n) is 1.87. The van der Waals surface area contributed by atoms with Gasteiger partial charge in [-0.3, -0.25) is 14.9 Å². The lowest BCUT2D eigenvalue weighted by atomic mass is 10.1. The van der Waals surface area contributed by atoms with Gasteiger partial charge >= 0.3 is 0 Å². The summed E-state index contributed by atoms with van der Waals surface area (Å²) in [6.07, 6.45) is 0. The molecule has 0 aliphatic carbocycles. The molecule has 0 saturated carbocycles. The van der Waals surface area contributed by atoms with Crippen molar-refractivity contribution in [2.75, 3.05) is 0 Å². The van der Waals surface area contributed by atoms with Crippen LogP contribution in [0.1, 0.15) is 22.8 Å². The highest BCUT2D eigenvalue weighted by molar-refractivity contribution is 5.98. The van der Waals surface area contributed by atoms with Gasteiger partial charge in [0.15, 0.2) is 5.78 Å². The summed E-state index contributed by atoms with van der Waals surface area (Å²) in [7, 11) is 0. The van der Waals surface area contributed by atoms with Crippen LogP contribution in [0.5, 0.6) is 11.5 Å². The number of rotatable bonds is 4. The smallest absolute Gasteiger partial charge is 0.280 e. The first-order valence-electron chi connectivity index (χ1n) is 6.12. The largest absolute Gasteiger partial charge is 0.457 e. The summed E-state index contributed by atoms with van der Waals surface area (Å²) in [6, 6.07) is 7.94. The standard InChI is InChI=1S/C15H12FNO4/c1-9-7-11(16)3-6-15(9)21-12-4-5-14(17(19)20)13(8-12)10(2)18/h3-8H,1-2H3. The predicted octanol–water partition coefficient (Wildman–Crippen LogP) is 4.04. The minimum atomic E-state index is -0.621. The number of nitro benzene ring substituents is 1. The number of aryl methyl sites for hydroxylation is 1. The van der Waals surface area contributed by atoms with Crippen LogP contribution < -0.4 is 4.74 Å². The molecule has 0 radical (unpaired) electrons. The Morgan fingerprint density at radius 2 is 1.95 bits per heavy atom. The van der Waals surface area contributed by atoms with Gasteiger partial charge in [-0.1, -0.05) is 0 Å². The molecule has 2 aromatic rings. The zero-order valence-electron chi connectivity index (χ0n) is 11.4. The maximum absolute atomic E-state index is 13.0. The van der Waals surface area contributed by atoms with Crippen LogP contribution in [-0.2, 0) is 0 Å². The van der Waals surface area contributed by atoms with Crippen molar-refractivity contribution in [1.82, 2.24) is 0 Å². The third-order valence-electron chi connectivity index (χ3n) is 2.91. The van der Waals surface area contributed by atoms with E-state index in [-0.39, 0.29) is 22.8 Å². The van der Waals surface area contributed by atoms with Crippen molar-refractivity contribution >= 4 is 11.5 Å². The van der Waals surface area contributed by atoms with E-state index in [1.165, 1.54) is 43.3 Å². The second kappa shape index (κ2) is 5.70. The molecule has 21 heavy (non-hydrogen) atoms. The summed E-state index contributed by atoms with van der Waals surface area (Å²) in [5.41, 5.74) is 0.278. The molecule has 108 valence electrons. The molecule has 0 spiro atoms. The highest BCUT2D eigenvalue weighted by Crippen LogP contribution is 2.29. The molecule has 0 unspecified atom stereocenters. The first kappa shape index (κ1) is 14.6. The topological polar surface area (TPSA) is 69.4 Å². The summed E-state index contributed by atoms with van der Waals surface area (Å²) < 4.78 is 18.6. The molecule has 0 heterocycles. The van der Waals surface area contributed by atoms with Gasteiger partial charge < -0.3 is 4.74 Å². The molecule has 0 fully saturated rings. The molecular weight excluding hydrogens is 277 g/mol. The Balaban J connectivity index is 2.39. The van der Waals surface area contributed by atoms with E-state index in [9.17, 15) is 19.3 Å². The second-order valence-corrected chi connectivity index (χ2v) is 4.50. The number of carbonyl (C=O) groups is 1. The molecule has 0 aliphatic heterocycles. The van der Waals surface area contributed by atoms with Crippen LogP contribution in [0.3, 0.4) is 0 Å². The molecule has 0 aromatic heterocycles. The molecule has 0 atom stereocenters. The van der Waals surface area contributed by atoms with Gasteiger partial charge in [-0.05, 0) is 49.7 Å². The van der Waals surface area contributed by atoms with Crippen LogP contribution in [0, 0.1) is 22.9 Å². The second-order valence-electron chi connectivity index (χ2n) is 4.50. The van der Waals surface area contributed by atoms with Crippen molar-refractivity contribution in [1.29, 1.82) is 0 Å². The van der Waals surface area contributed by atoms with E-state index in [1.807, 2.05) is 0 Å². The molecule has 0 saturated heterocycles. The number of nitrogens with zero attached hydrogens (tertiary/aromatic N) is 1. The Labute approximate surface area is 120 Å². The van der Waals surface area contributed by atoms with E-state index in [4.69, 9.17) is 4.74 Å². The number of halogens is 1. The SMILES string of the molecule is CC(=O)c1cc(Oc2ccc(F)cc2C)ccc1[N+](=O)[O-]. The number of ether oxygens (including phenoxy) is 1. The highest BCUT2D eigenvalue weighted by atomic mass is 19.1. The summed E-state index contributed by atoms with van der Waals surface area (Å²) in [4.78, 5) is 21.7. The number of nitro groups is 1. The zero-order valence-corrected chi connectivity index (χ0v) is 11.4. The Morgan fingerprint density at radius 3 is 2.52 bits per heavy atom. The third-order valence-corrected chi connectivity index (χ3v) is 2.91. The monoisotopic (exact) mass is 289 g/mol. The van der Waals surface area contributed by atoms with Crippen LogP contribution in [0.4, 0.5) is 10.1 Å². The van der Waals surface area contributed by atoms with Crippen molar-refractivity contribution in [2.24, 2.45) is 0 Å². The Bertz CT molecular complexity index is 728. The molecular formula is C15H12FNO4. The van der Waals surface area contributed by atoms with Gasteiger partial charge in [0.25, 0.3) is 5.69 Å². The van der Waals surface area contributed by atoms with Crippen LogP contribution in [-0.4, -0.2) is 10.7 Å². The lowest BCUT2D eigenvalue weighted by Gasteiger charge is -2.09. The number of ketones is 1. The van der Waals surface area contributed by atoms with Crippen molar-refractivity contribution in [3.63, 3.8) is 0 Å². The van der Waals surface area contributed by atoms with Gasteiger partial charge in [0, 0.05) is 6.07 Å². The normalized spacial score (nSPS) is 10.2. The highest BCUT2D eigenvalue weighted by Gasteiger charge is 2.18. The van der Waals surface area contributed by atoms with Crippen LogP contribution in [0.25, 0.3) is 0 Å². The number of hydrogen-bond donors (Lipinski definition) is 0. The minimum absolute atomic E-state index is 0.0303. The number of benzene rings is 2. The Morgan fingerprint density at radius 1 is 1.24 bits per heavy atom. The number of Topliss-reactive ketones (excluding diaryl/α,β-unsaturated/α-hetero) is 1. The molecule has 6 heteroatoms. The average Bonchev–Trinajstić information content (AvgIpc) is 2.41. The van der Waals surface area contributed by atoms with Gasteiger partial charge in [0.2, 0.25) is 0 Å². The van der Waals surface area contributed by atoms with Gasteiger partial charge in [-0.25, -0.2) is 4.39 Å². The quantitative estimate of drug-likeness (QED) is 0.484. The average molecular weight is 289 g/mol. The van der Waals surface area contributed by atoms with Gasteiger partial charge in [0.05, 0.1) is 10.5 Å². The zero-order chi connectivity index (χ0) is 15.6. The molecule has 2 rings (SSSR count). The van der Waals surface area contributed by atoms with Crippen molar-refractivity contribution in [2.45, 2.75) is 13.8 Å². The van der Waals surface area contributed by atoms with E-state index in [0.29, 0.717) is 11.3 Å². The first-order valence-corrected chi connectivity index (χ1v) is 6.12. The number of carbonyl (C=O) groups excluding carboxylic acids is 1. The molecule has 2 aromatic carbocycles. The number of hydrogen-bond acceptors (Lipinski definition) is 4. The van der Waals surface area contributed by atoms with Crippen LogP contribution >= 0.6 is 0 Å². The molecule has 5 nitrogen and oxygen atoms in total. The Hall–Kier alpha value is -2.76. The summed E-state index contributed by atoms with van der Waals surface area (Å²) >= 11 is 0. The molecule has 0 N–H and O–H groups in total. The molecule has 0 amide bonds. The van der Waals surface area contributed by atoms with Crippen molar-refractivity contribution in [3.8, 4) is 11.5 Å². The van der Waals surface area contributed by atoms with E-state index in [2.05, 4.69) is 0 Å². The van der Waals surface area contributed by atoms with E-state index in [0.717, 1.165) is 0 Å². The molecule has 0 bridgehead atoms. The fraction of sp³-hybridized carbons (Fsp3) is 0.133. The Kier molecular flexibility index (Phi) is 3.98. The van der Waals surface area contributed by atoms with Crippen LogP contribution in [0.15, 0.2) is 36.4 Å². The van der Waals surface area contributed by atoms with Gasteiger partial charge in [-0.15, -0.1) is 0 Å². The van der Waals surface area contributed by atoms with Gasteiger partial charge in [0.1, 0.15) is 17.3 Å². The van der Waals surface area contributed by atoms with E-state index >= 15 is 0 Å². The van der Waals surface area contributed by atoms with Crippen molar-refractivity contribution in [3.05, 3.63) is 63.5 Å². The van der Waals surface area contributed by atoms with E-state index in [1.54, 1.807) is 6.92 Å². The minimum Gasteiger partial charge on any atom is -0.457 e. The van der Waals surface area contributed by atoms with Crippen LogP contribution in [0.2, 0.25) is 0 Å². The fourth-order valence-corrected chi connectivity index (χ4v) is 1.87. The van der Waals surface area contributed by atoms with Crippen molar-refractivity contribution < 1.29 is 18.8 Å². The van der Waals surface area contributed by atoms with E-state index < -0.39 is 10.7 Å². The van der Waals surface area contributed by atoms with Gasteiger partial charge in [-0.2, -0.15) is 0 Å². The first-order chi connectivity index (χ1) is 9.88. The lowest BCUT2D eigenvalue weighted by molar-refractivity contribution is -0.385. The lowest BCUT2D eigenvalue weighted by Crippen LogP contribution is -2.00. The molecule has 0 aliphatic rings. The third kappa shape index (κ3) is 3.22. The summed E-state index contributed by atoms with van der Waals surface area (Å²) in [6.45, 7) is 2.92. The summed E-state index contributed by atoms with van der Waals surface area (Å²) in [5.74, 6) is -0.115. The predicted molar refractivity (Wildman–Crippen MR) is 74.3 cm³/mol. The maximum atomic E-state index is 13.0.